The van der Waals surface area contributed by atoms with Crippen LogP contribution >= 0.6 is 0 Å². The lowest BCUT2D eigenvalue weighted by atomic mass is 9.75. The van der Waals surface area contributed by atoms with Gasteiger partial charge in [-0.2, -0.15) is 9.65 Å². The molecule has 1 aliphatic heterocycles. The van der Waals surface area contributed by atoms with Crippen molar-refractivity contribution in [1.29, 1.82) is 5.26 Å². The molecule has 0 aromatic carbocycles. The molecule has 4 nitrogen and oxygen atoms in total. The monoisotopic (exact) mass is 276 g/mol. The summed E-state index contributed by atoms with van der Waals surface area (Å²) in [5.41, 5.74) is 0.00314. The normalized spacial score (nSPS) is 21.6. The van der Waals surface area contributed by atoms with E-state index in [9.17, 15) is 4.39 Å². The number of nitriles is 1. The van der Waals surface area contributed by atoms with Gasteiger partial charge in [-0.25, -0.2) is 4.98 Å². The Bertz CT molecular complexity index is 553. The summed E-state index contributed by atoms with van der Waals surface area (Å²) < 4.78 is 25.2. The first-order valence-electron chi connectivity index (χ1n) is 6.59. The summed E-state index contributed by atoms with van der Waals surface area (Å²) in [7, 11) is -0.640. The van der Waals surface area contributed by atoms with Crippen LogP contribution in [-0.2, 0) is 9.31 Å². The molecular formula is C14H18BFN2O2. The quantitative estimate of drug-likeness (QED) is 0.613. The predicted octanol–water partition coefficient (Wildman–Crippen LogP) is 2.15. The van der Waals surface area contributed by atoms with Gasteiger partial charge < -0.3 is 9.31 Å². The Kier molecular flexibility index (Phi) is 3.61. The van der Waals surface area contributed by atoms with Gasteiger partial charge in [0.15, 0.2) is 0 Å². The molecule has 1 aliphatic rings. The van der Waals surface area contributed by atoms with E-state index >= 15 is 0 Å². The highest BCUT2D eigenvalue weighted by atomic mass is 19.1. The highest BCUT2D eigenvalue weighted by Gasteiger charge is 2.52. The van der Waals surface area contributed by atoms with Crippen LogP contribution in [0.3, 0.4) is 0 Å². The first kappa shape index (κ1) is 15.0. The molecule has 0 saturated carbocycles. The van der Waals surface area contributed by atoms with Crippen LogP contribution < -0.4 is 5.46 Å². The van der Waals surface area contributed by atoms with Crippen LogP contribution in [-0.4, -0.2) is 23.3 Å². The minimum absolute atomic E-state index is 0.367. The molecule has 0 bridgehead atoms. The van der Waals surface area contributed by atoms with E-state index < -0.39 is 30.2 Å². The standard InChI is InChI=1S/C14H18BFN2O2/c1-9(8-17)12-10(6-7-11(16)18-12)15-19-13(2,3)14(4,5)20-15/h6-7,9H,1-5H3. The van der Waals surface area contributed by atoms with Crippen molar-refractivity contribution in [2.24, 2.45) is 0 Å². The third-order valence-corrected chi connectivity index (χ3v) is 4.03. The minimum atomic E-state index is -0.640. The maximum absolute atomic E-state index is 13.3. The number of hydrogen-bond acceptors (Lipinski definition) is 4. The molecule has 2 rings (SSSR count). The number of pyridine rings is 1. The Morgan fingerprint density at radius 2 is 1.80 bits per heavy atom. The molecular weight excluding hydrogens is 258 g/mol. The highest BCUT2D eigenvalue weighted by Crippen LogP contribution is 2.36. The van der Waals surface area contributed by atoms with E-state index in [1.165, 1.54) is 6.07 Å². The first-order valence-corrected chi connectivity index (χ1v) is 6.59. The van der Waals surface area contributed by atoms with E-state index in [-0.39, 0.29) is 0 Å². The number of hydrogen-bond donors (Lipinski definition) is 0. The molecule has 0 aliphatic carbocycles. The van der Waals surface area contributed by atoms with Gasteiger partial charge in [0.05, 0.1) is 28.9 Å². The van der Waals surface area contributed by atoms with E-state index in [4.69, 9.17) is 14.6 Å². The maximum Gasteiger partial charge on any atom is 0.496 e. The van der Waals surface area contributed by atoms with E-state index in [1.54, 1.807) is 13.0 Å². The van der Waals surface area contributed by atoms with Crippen molar-refractivity contribution in [2.75, 3.05) is 0 Å². The molecule has 0 radical (unpaired) electrons. The summed E-state index contributed by atoms with van der Waals surface area (Å²) >= 11 is 0. The Morgan fingerprint density at radius 3 is 2.30 bits per heavy atom. The van der Waals surface area contributed by atoms with Gasteiger partial charge in [-0.3, -0.25) is 0 Å². The molecule has 20 heavy (non-hydrogen) atoms. The fourth-order valence-electron chi connectivity index (χ4n) is 2.04. The van der Waals surface area contributed by atoms with Gasteiger partial charge in [-0.15, -0.1) is 0 Å². The highest BCUT2D eigenvalue weighted by molar-refractivity contribution is 6.62. The van der Waals surface area contributed by atoms with Gasteiger partial charge in [0, 0.05) is 5.46 Å². The average Bonchev–Trinajstić information content (AvgIpc) is 2.57. The maximum atomic E-state index is 13.3. The molecule has 1 unspecified atom stereocenters. The molecule has 1 saturated heterocycles. The third kappa shape index (κ3) is 2.44. The second-order valence-electron chi connectivity index (χ2n) is 6.05. The molecule has 0 amide bonds. The third-order valence-electron chi connectivity index (χ3n) is 4.03. The zero-order valence-corrected chi connectivity index (χ0v) is 12.4. The lowest BCUT2D eigenvalue weighted by Gasteiger charge is -2.32. The van der Waals surface area contributed by atoms with Crippen molar-refractivity contribution >= 4 is 12.6 Å². The van der Waals surface area contributed by atoms with Crippen molar-refractivity contribution in [3.05, 3.63) is 23.8 Å². The van der Waals surface area contributed by atoms with E-state index in [0.29, 0.717) is 11.2 Å². The SMILES string of the molecule is CC(C#N)c1nc(F)ccc1B1OC(C)(C)C(C)(C)O1. The van der Waals surface area contributed by atoms with Crippen molar-refractivity contribution in [3.8, 4) is 6.07 Å². The van der Waals surface area contributed by atoms with Crippen LogP contribution in [0.25, 0.3) is 0 Å². The van der Waals surface area contributed by atoms with Gasteiger partial charge in [0.25, 0.3) is 0 Å². The van der Waals surface area contributed by atoms with Crippen LogP contribution in [0.15, 0.2) is 12.1 Å². The Labute approximate surface area is 119 Å². The summed E-state index contributed by atoms with van der Waals surface area (Å²) in [5, 5.41) is 9.06. The van der Waals surface area contributed by atoms with E-state index in [0.717, 1.165) is 0 Å². The summed E-state index contributed by atoms with van der Waals surface area (Å²) in [6, 6.07) is 4.91. The van der Waals surface area contributed by atoms with Gasteiger partial charge in [0.1, 0.15) is 0 Å². The molecule has 1 atom stereocenters. The van der Waals surface area contributed by atoms with Gasteiger partial charge >= 0.3 is 7.12 Å². The Balaban J connectivity index is 2.43. The van der Waals surface area contributed by atoms with Crippen LogP contribution in [0.4, 0.5) is 4.39 Å². The zero-order chi connectivity index (χ0) is 15.1. The second kappa shape index (κ2) is 4.83. The van der Waals surface area contributed by atoms with Crippen molar-refractivity contribution in [1.82, 2.24) is 4.98 Å². The van der Waals surface area contributed by atoms with Crippen molar-refractivity contribution in [2.45, 2.75) is 51.7 Å². The predicted molar refractivity (Wildman–Crippen MR) is 73.9 cm³/mol. The summed E-state index contributed by atoms with van der Waals surface area (Å²) in [4.78, 5) is 3.83. The summed E-state index contributed by atoms with van der Waals surface area (Å²) in [5.74, 6) is -1.14. The summed E-state index contributed by atoms with van der Waals surface area (Å²) in [6.07, 6.45) is 0. The van der Waals surface area contributed by atoms with Crippen LogP contribution in [0.1, 0.15) is 46.2 Å². The van der Waals surface area contributed by atoms with Crippen LogP contribution in [0.2, 0.25) is 0 Å². The molecule has 0 spiro atoms. The summed E-state index contributed by atoms with van der Waals surface area (Å²) in [6.45, 7) is 9.44. The van der Waals surface area contributed by atoms with Gasteiger partial charge in [-0.1, -0.05) is 6.07 Å². The molecule has 106 valence electrons. The number of nitrogens with zero attached hydrogens (tertiary/aromatic N) is 2. The molecule has 2 heterocycles. The zero-order valence-electron chi connectivity index (χ0n) is 12.4. The fourth-order valence-corrected chi connectivity index (χ4v) is 2.04. The second-order valence-corrected chi connectivity index (χ2v) is 6.05. The van der Waals surface area contributed by atoms with E-state index in [1.807, 2.05) is 27.7 Å². The number of halogens is 1. The van der Waals surface area contributed by atoms with Crippen molar-refractivity contribution < 1.29 is 13.7 Å². The minimum Gasteiger partial charge on any atom is -0.399 e. The smallest absolute Gasteiger partial charge is 0.399 e. The van der Waals surface area contributed by atoms with Gasteiger partial charge in [-0.05, 0) is 40.7 Å². The number of rotatable bonds is 2. The van der Waals surface area contributed by atoms with Crippen molar-refractivity contribution in [3.63, 3.8) is 0 Å². The average molecular weight is 276 g/mol. The van der Waals surface area contributed by atoms with Crippen LogP contribution in [0, 0.1) is 17.3 Å². The molecule has 6 heteroatoms. The fraction of sp³-hybridized carbons (Fsp3) is 0.571. The largest absolute Gasteiger partial charge is 0.496 e. The lowest BCUT2D eigenvalue weighted by Crippen LogP contribution is -2.41. The molecule has 1 aromatic heterocycles. The Hall–Kier alpha value is -1.45. The number of aromatic nitrogens is 1. The van der Waals surface area contributed by atoms with Crippen LogP contribution in [0.5, 0.6) is 0 Å². The first-order chi connectivity index (χ1) is 9.18. The molecule has 1 fully saturated rings. The topological polar surface area (TPSA) is 55.1 Å². The van der Waals surface area contributed by atoms with E-state index in [2.05, 4.69) is 11.1 Å². The molecule has 1 aromatic rings. The molecule has 0 N–H and O–H groups in total. The van der Waals surface area contributed by atoms with Gasteiger partial charge in [0.2, 0.25) is 5.95 Å². The lowest BCUT2D eigenvalue weighted by molar-refractivity contribution is 0.00578. The Morgan fingerprint density at radius 1 is 1.25 bits per heavy atom.